The second-order valence-electron chi connectivity index (χ2n) is 3.95. The van der Waals surface area contributed by atoms with Crippen LogP contribution in [0.3, 0.4) is 0 Å². The van der Waals surface area contributed by atoms with E-state index in [1.807, 2.05) is 25.1 Å². The molecule has 0 atom stereocenters. The maximum atomic E-state index is 13.1. The number of nitrogens with two attached hydrogens (primary N) is 1. The van der Waals surface area contributed by atoms with Crippen molar-refractivity contribution >= 4 is 0 Å². The highest BCUT2D eigenvalue weighted by Crippen LogP contribution is 2.29. The van der Waals surface area contributed by atoms with Crippen molar-refractivity contribution in [3.8, 4) is 11.5 Å². The van der Waals surface area contributed by atoms with Gasteiger partial charge in [-0.25, -0.2) is 8.78 Å². The number of ether oxygens (including phenoxy) is 1. The van der Waals surface area contributed by atoms with Gasteiger partial charge in [-0.05, 0) is 24.6 Å². The van der Waals surface area contributed by atoms with Crippen LogP contribution >= 0.6 is 0 Å². The molecule has 0 aliphatic heterocycles. The number of hydrogen-bond acceptors (Lipinski definition) is 2. The first-order valence-corrected chi connectivity index (χ1v) is 5.53. The van der Waals surface area contributed by atoms with Gasteiger partial charge in [0.2, 0.25) is 0 Å². The molecule has 18 heavy (non-hydrogen) atoms. The summed E-state index contributed by atoms with van der Waals surface area (Å²) in [6.45, 7) is 2.19. The van der Waals surface area contributed by atoms with Gasteiger partial charge in [-0.1, -0.05) is 18.2 Å². The molecule has 0 unspecified atom stereocenters. The topological polar surface area (TPSA) is 35.2 Å². The average Bonchev–Trinajstić information content (AvgIpc) is 2.36. The van der Waals surface area contributed by atoms with Gasteiger partial charge in [0, 0.05) is 18.2 Å². The predicted octanol–water partition coefficient (Wildman–Crippen LogP) is 3.52. The van der Waals surface area contributed by atoms with Crippen molar-refractivity contribution < 1.29 is 13.5 Å². The van der Waals surface area contributed by atoms with Crippen LogP contribution in [0.1, 0.15) is 11.1 Å². The van der Waals surface area contributed by atoms with Gasteiger partial charge < -0.3 is 10.5 Å². The molecule has 4 heteroatoms. The fourth-order valence-electron chi connectivity index (χ4n) is 1.68. The van der Waals surface area contributed by atoms with Gasteiger partial charge in [0.1, 0.15) is 11.5 Å². The van der Waals surface area contributed by atoms with E-state index in [4.69, 9.17) is 10.5 Å². The van der Waals surface area contributed by atoms with E-state index in [1.165, 1.54) is 6.07 Å². The smallest absolute Gasteiger partial charge is 0.162 e. The van der Waals surface area contributed by atoms with E-state index in [1.54, 1.807) is 0 Å². The van der Waals surface area contributed by atoms with Crippen molar-refractivity contribution in [2.45, 2.75) is 13.5 Å². The monoisotopic (exact) mass is 249 g/mol. The third-order valence-electron chi connectivity index (χ3n) is 2.62. The molecule has 0 fully saturated rings. The summed E-state index contributed by atoms with van der Waals surface area (Å²) in [5.74, 6) is -0.995. The Kier molecular flexibility index (Phi) is 3.58. The summed E-state index contributed by atoms with van der Waals surface area (Å²) in [5, 5.41) is 0. The van der Waals surface area contributed by atoms with Crippen molar-refractivity contribution in [3.63, 3.8) is 0 Å². The summed E-state index contributed by atoms with van der Waals surface area (Å²) in [4.78, 5) is 0. The predicted molar refractivity (Wildman–Crippen MR) is 65.5 cm³/mol. The Hall–Kier alpha value is -1.94. The lowest BCUT2D eigenvalue weighted by Gasteiger charge is -2.12. The number of benzene rings is 2. The van der Waals surface area contributed by atoms with Crippen LogP contribution in [0.2, 0.25) is 0 Å². The zero-order chi connectivity index (χ0) is 13.1. The molecule has 0 spiro atoms. The summed E-state index contributed by atoms with van der Waals surface area (Å²) in [7, 11) is 0. The van der Waals surface area contributed by atoms with Crippen LogP contribution in [0.4, 0.5) is 8.78 Å². The maximum absolute atomic E-state index is 13.1. The highest BCUT2D eigenvalue weighted by atomic mass is 19.2. The Labute approximate surface area is 104 Å². The number of aryl methyl sites for hydroxylation is 1. The Morgan fingerprint density at radius 3 is 2.56 bits per heavy atom. The molecule has 2 N–H and O–H groups in total. The molecule has 0 heterocycles. The van der Waals surface area contributed by atoms with Crippen LogP contribution in [0.25, 0.3) is 0 Å². The Morgan fingerprint density at radius 1 is 1.11 bits per heavy atom. The SMILES string of the molecule is Cc1cccc(CN)c1Oc1ccc(F)c(F)c1. The minimum atomic E-state index is -0.935. The second-order valence-corrected chi connectivity index (χ2v) is 3.95. The second kappa shape index (κ2) is 5.14. The molecule has 0 saturated carbocycles. The Balaban J connectivity index is 2.36. The van der Waals surface area contributed by atoms with E-state index in [9.17, 15) is 8.78 Å². The minimum Gasteiger partial charge on any atom is -0.457 e. The first kappa shape index (κ1) is 12.5. The molecular formula is C14H13F2NO. The Bertz CT molecular complexity index is 570. The average molecular weight is 249 g/mol. The normalized spacial score (nSPS) is 10.4. The fraction of sp³-hybridized carbons (Fsp3) is 0.143. The molecule has 0 aliphatic carbocycles. The van der Waals surface area contributed by atoms with Crippen LogP contribution < -0.4 is 10.5 Å². The molecule has 0 amide bonds. The van der Waals surface area contributed by atoms with Crippen LogP contribution in [-0.2, 0) is 6.54 Å². The molecule has 0 saturated heterocycles. The highest BCUT2D eigenvalue weighted by molar-refractivity contribution is 5.43. The van der Waals surface area contributed by atoms with Crippen molar-refractivity contribution in [2.75, 3.05) is 0 Å². The molecular weight excluding hydrogens is 236 g/mol. The summed E-state index contributed by atoms with van der Waals surface area (Å²) >= 11 is 0. The molecule has 2 aromatic carbocycles. The first-order chi connectivity index (χ1) is 8.61. The lowest BCUT2D eigenvalue weighted by atomic mass is 10.1. The van der Waals surface area contributed by atoms with Gasteiger partial charge in [0.15, 0.2) is 11.6 Å². The van der Waals surface area contributed by atoms with E-state index in [0.29, 0.717) is 12.3 Å². The van der Waals surface area contributed by atoms with Crippen LogP contribution in [0.5, 0.6) is 11.5 Å². The quantitative estimate of drug-likeness (QED) is 0.903. The van der Waals surface area contributed by atoms with E-state index in [-0.39, 0.29) is 5.75 Å². The zero-order valence-electron chi connectivity index (χ0n) is 9.91. The fourth-order valence-corrected chi connectivity index (χ4v) is 1.68. The summed E-state index contributed by atoms with van der Waals surface area (Å²) in [5.41, 5.74) is 7.32. The van der Waals surface area contributed by atoms with Gasteiger partial charge in [-0.15, -0.1) is 0 Å². The Morgan fingerprint density at radius 2 is 1.89 bits per heavy atom. The summed E-state index contributed by atoms with van der Waals surface area (Å²) < 4.78 is 31.5. The van der Waals surface area contributed by atoms with Crippen molar-refractivity contribution in [2.24, 2.45) is 5.73 Å². The first-order valence-electron chi connectivity index (χ1n) is 5.53. The van der Waals surface area contributed by atoms with Crippen LogP contribution in [0, 0.1) is 18.6 Å². The molecule has 2 nitrogen and oxygen atoms in total. The van der Waals surface area contributed by atoms with E-state index in [0.717, 1.165) is 23.3 Å². The van der Waals surface area contributed by atoms with E-state index < -0.39 is 11.6 Å². The highest BCUT2D eigenvalue weighted by Gasteiger charge is 2.09. The number of halogens is 2. The van der Waals surface area contributed by atoms with Gasteiger partial charge in [0.05, 0.1) is 0 Å². The van der Waals surface area contributed by atoms with E-state index in [2.05, 4.69) is 0 Å². The van der Waals surface area contributed by atoms with Gasteiger partial charge >= 0.3 is 0 Å². The molecule has 2 aromatic rings. The summed E-state index contributed by atoms with van der Waals surface area (Å²) in [6, 6.07) is 9.00. The van der Waals surface area contributed by atoms with Crippen LogP contribution in [0.15, 0.2) is 36.4 Å². The van der Waals surface area contributed by atoms with Gasteiger partial charge in [-0.3, -0.25) is 0 Å². The van der Waals surface area contributed by atoms with Crippen molar-refractivity contribution in [1.82, 2.24) is 0 Å². The minimum absolute atomic E-state index is 0.248. The molecule has 0 bridgehead atoms. The van der Waals surface area contributed by atoms with E-state index >= 15 is 0 Å². The molecule has 0 aliphatic rings. The molecule has 0 aromatic heterocycles. The molecule has 2 rings (SSSR count). The van der Waals surface area contributed by atoms with Crippen LogP contribution in [-0.4, -0.2) is 0 Å². The van der Waals surface area contributed by atoms with Gasteiger partial charge in [-0.2, -0.15) is 0 Å². The largest absolute Gasteiger partial charge is 0.457 e. The molecule has 0 radical (unpaired) electrons. The maximum Gasteiger partial charge on any atom is 0.162 e. The van der Waals surface area contributed by atoms with Crippen molar-refractivity contribution in [1.29, 1.82) is 0 Å². The van der Waals surface area contributed by atoms with Crippen molar-refractivity contribution in [3.05, 3.63) is 59.2 Å². The third kappa shape index (κ3) is 2.49. The zero-order valence-corrected chi connectivity index (χ0v) is 9.91. The number of para-hydroxylation sites is 1. The number of rotatable bonds is 3. The van der Waals surface area contributed by atoms with Gasteiger partial charge in [0.25, 0.3) is 0 Å². The third-order valence-corrected chi connectivity index (χ3v) is 2.62. The number of hydrogen-bond donors (Lipinski definition) is 1. The summed E-state index contributed by atoms with van der Waals surface area (Å²) in [6.07, 6.45) is 0. The standard InChI is InChI=1S/C14H13F2NO/c1-9-3-2-4-10(8-17)14(9)18-11-5-6-12(15)13(16)7-11/h2-7H,8,17H2,1H3. The lowest BCUT2D eigenvalue weighted by molar-refractivity contribution is 0.455. The lowest BCUT2D eigenvalue weighted by Crippen LogP contribution is -2.01. The molecule has 94 valence electrons.